The van der Waals surface area contributed by atoms with Crippen molar-refractivity contribution < 1.29 is 13.9 Å². The van der Waals surface area contributed by atoms with Gasteiger partial charge in [-0.1, -0.05) is 6.92 Å². The van der Waals surface area contributed by atoms with E-state index in [-0.39, 0.29) is 12.9 Å². The first kappa shape index (κ1) is 6.40. The normalized spacial score (nSPS) is 12.9. The van der Waals surface area contributed by atoms with Crippen LogP contribution in [0.4, 0.5) is 4.39 Å². The first-order chi connectivity index (χ1) is 3.31. The van der Waals surface area contributed by atoms with Crippen molar-refractivity contribution in [2.24, 2.45) is 0 Å². The molecule has 0 aromatic heterocycles. The van der Waals surface area contributed by atoms with Crippen molar-refractivity contribution in [1.29, 1.82) is 0 Å². The Hall–Kier alpha value is -0.600. The second-order valence-corrected chi connectivity index (χ2v) is 1.05. The van der Waals surface area contributed by atoms with Crippen LogP contribution in [0, 0.1) is 0 Å². The molecule has 0 amide bonds. The largest absolute Gasteiger partial charge is 0.433 e. The Labute approximate surface area is 41.3 Å². The van der Waals surface area contributed by atoms with Crippen molar-refractivity contribution in [2.75, 3.05) is 0 Å². The van der Waals surface area contributed by atoms with Gasteiger partial charge in [-0.2, -0.15) is 0 Å². The summed E-state index contributed by atoms with van der Waals surface area (Å²) in [6.07, 6.45) is -1.20. The third-order valence-electron chi connectivity index (χ3n) is 0.524. The van der Waals surface area contributed by atoms with Crippen molar-refractivity contribution in [2.45, 2.75) is 19.7 Å². The van der Waals surface area contributed by atoms with Crippen molar-refractivity contribution in [3.8, 4) is 0 Å². The molecule has 1 atom stereocenters. The summed E-state index contributed by atoms with van der Waals surface area (Å²) in [7, 11) is 0. The van der Waals surface area contributed by atoms with E-state index in [0.29, 0.717) is 0 Å². The van der Waals surface area contributed by atoms with Gasteiger partial charge in [0.15, 0.2) is 0 Å². The summed E-state index contributed by atoms with van der Waals surface area (Å²) in [4.78, 5) is 9.31. The molecule has 0 aliphatic heterocycles. The Morgan fingerprint density at radius 1 is 2.00 bits per heavy atom. The molecule has 0 spiro atoms. The highest BCUT2D eigenvalue weighted by atomic mass is 19.1. The molecular weight excluding hydrogens is 99.0 g/mol. The van der Waals surface area contributed by atoms with Crippen LogP contribution >= 0.6 is 0 Å². The molecule has 0 fully saturated rings. The van der Waals surface area contributed by atoms with E-state index in [1.54, 1.807) is 6.92 Å². The lowest BCUT2D eigenvalue weighted by Gasteiger charge is -1.97. The molecule has 2 nitrogen and oxygen atoms in total. The molecular formula is C4H7FO2. The highest BCUT2D eigenvalue weighted by molar-refractivity contribution is 5.37. The monoisotopic (exact) mass is 106 g/mol. The quantitative estimate of drug-likeness (QED) is 0.499. The van der Waals surface area contributed by atoms with E-state index in [4.69, 9.17) is 0 Å². The topological polar surface area (TPSA) is 26.3 Å². The molecule has 1 unspecified atom stereocenters. The smallest absolute Gasteiger partial charge is 0.295 e. The minimum absolute atomic E-state index is 0.105. The fraction of sp³-hybridized carbons (Fsp3) is 0.750. The third-order valence-corrected chi connectivity index (χ3v) is 0.524. The van der Waals surface area contributed by atoms with Crippen LogP contribution in [0.5, 0.6) is 0 Å². The zero-order valence-corrected chi connectivity index (χ0v) is 4.06. The third kappa shape index (κ3) is 3.22. The summed E-state index contributed by atoms with van der Waals surface area (Å²) in [5.41, 5.74) is 0. The summed E-state index contributed by atoms with van der Waals surface area (Å²) in [6.45, 7) is 1.70. The average Bonchev–Trinajstić information content (AvgIpc) is 1.68. The summed E-state index contributed by atoms with van der Waals surface area (Å²) in [5, 5.41) is 0. The summed E-state index contributed by atoms with van der Waals surface area (Å²) in [5.74, 6) is 0. The lowest BCUT2D eigenvalue weighted by molar-refractivity contribution is -0.141. The Morgan fingerprint density at radius 3 is 2.71 bits per heavy atom. The molecule has 42 valence electrons. The number of carbonyl (C=O) groups is 1. The standard InChI is InChI=1S/C4H7FO2/c1-2-4(5)7-3-6/h3-4H,2H2,1H3. The first-order valence-corrected chi connectivity index (χ1v) is 2.04. The van der Waals surface area contributed by atoms with Crippen LogP contribution in [0.3, 0.4) is 0 Å². The minimum atomic E-state index is -1.42. The zero-order chi connectivity index (χ0) is 5.70. The molecule has 0 aliphatic carbocycles. The highest BCUT2D eigenvalue weighted by Crippen LogP contribution is 1.94. The average molecular weight is 106 g/mol. The molecule has 0 bridgehead atoms. The lowest BCUT2D eigenvalue weighted by atomic mass is 10.5. The SMILES string of the molecule is CCC(F)OC=O. The van der Waals surface area contributed by atoms with Gasteiger partial charge in [-0.05, 0) is 0 Å². The van der Waals surface area contributed by atoms with Gasteiger partial charge in [0, 0.05) is 6.42 Å². The minimum Gasteiger partial charge on any atom is -0.433 e. The molecule has 0 saturated carbocycles. The van der Waals surface area contributed by atoms with E-state index in [9.17, 15) is 9.18 Å². The predicted octanol–water partition coefficient (Wildman–Crippen LogP) is 0.865. The first-order valence-electron chi connectivity index (χ1n) is 2.04. The van der Waals surface area contributed by atoms with Crippen LogP contribution in [-0.2, 0) is 9.53 Å². The number of alkyl halides is 1. The molecule has 0 N–H and O–H groups in total. The maximum atomic E-state index is 11.7. The maximum absolute atomic E-state index is 11.7. The predicted molar refractivity (Wildman–Crippen MR) is 22.3 cm³/mol. The fourth-order valence-electron chi connectivity index (χ4n) is 0.157. The molecule has 0 heterocycles. The molecule has 0 rings (SSSR count). The number of carbonyl (C=O) groups excluding carboxylic acids is 1. The van der Waals surface area contributed by atoms with Gasteiger partial charge in [0.25, 0.3) is 6.47 Å². The molecule has 0 saturated heterocycles. The van der Waals surface area contributed by atoms with E-state index in [1.807, 2.05) is 0 Å². The van der Waals surface area contributed by atoms with Crippen molar-refractivity contribution in [3.05, 3.63) is 0 Å². The molecule has 7 heavy (non-hydrogen) atoms. The van der Waals surface area contributed by atoms with Gasteiger partial charge < -0.3 is 4.74 Å². The number of hydrogen-bond acceptors (Lipinski definition) is 2. The van der Waals surface area contributed by atoms with Gasteiger partial charge in [-0.25, -0.2) is 4.39 Å². The summed E-state index contributed by atoms with van der Waals surface area (Å²) in [6, 6.07) is 0. The summed E-state index contributed by atoms with van der Waals surface area (Å²) >= 11 is 0. The van der Waals surface area contributed by atoms with Gasteiger partial charge in [-0.3, -0.25) is 4.79 Å². The molecule has 0 aromatic rings. The Balaban J connectivity index is 2.98. The molecule has 3 heteroatoms. The van der Waals surface area contributed by atoms with E-state index < -0.39 is 6.36 Å². The van der Waals surface area contributed by atoms with Crippen LogP contribution in [0.25, 0.3) is 0 Å². The molecule has 0 aromatic carbocycles. The number of halogens is 1. The Bertz CT molecular complexity index is 55.7. The van der Waals surface area contributed by atoms with Crippen LogP contribution < -0.4 is 0 Å². The molecule has 0 aliphatic rings. The number of ether oxygens (including phenoxy) is 1. The van der Waals surface area contributed by atoms with Gasteiger partial charge >= 0.3 is 0 Å². The van der Waals surface area contributed by atoms with Gasteiger partial charge in [0.2, 0.25) is 6.36 Å². The maximum Gasteiger partial charge on any atom is 0.295 e. The Morgan fingerprint density at radius 2 is 2.57 bits per heavy atom. The van der Waals surface area contributed by atoms with Crippen LogP contribution in [-0.4, -0.2) is 12.8 Å². The van der Waals surface area contributed by atoms with Crippen LogP contribution in [0.15, 0.2) is 0 Å². The highest BCUT2D eigenvalue weighted by Gasteiger charge is 1.97. The van der Waals surface area contributed by atoms with E-state index in [1.165, 1.54) is 0 Å². The van der Waals surface area contributed by atoms with Gasteiger partial charge in [0.05, 0.1) is 0 Å². The van der Waals surface area contributed by atoms with E-state index in [0.717, 1.165) is 0 Å². The second-order valence-electron chi connectivity index (χ2n) is 1.05. The number of rotatable bonds is 3. The van der Waals surface area contributed by atoms with Gasteiger partial charge in [0.1, 0.15) is 0 Å². The summed E-state index contributed by atoms with van der Waals surface area (Å²) < 4.78 is 15.5. The van der Waals surface area contributed by atoms with E-state index >= 15 is 0 Å². The van der Waals surface area contributed by atoms with Gasteiger partial charge in [-0.15, -0.1) is 0 Å². The zero-order valence-electron chi connectivity index (χ0n) is 4.06. The lowest BCUT2D eigenvalue weighted by Crippen LogP contribution is -2.01. The van der Waals surface area contributed by atoms with Crippen LogP contribution in [0.2, 0.25) is 0 Å². The van der Waals surface area contributed by atoms with Crippen LogP contribution in [0.1, 0.15) is 13.3 Å². The van der Waals surface area contributed by atoms with Crippen molar-refractivity contribution in [1.82, 2.24) is 0 Å². The Kier molecular flexibility index (Phi) is 3.28. The fourth-order valence-corrected chi connectivity index (χ4v) is 0.157. The van der Waals surface area contributed by atoms with Crippen molar-refractivity contribution >= 4 is 6.47 Å². The van der Waals surface area contributed by atoms with E-state index in [2.05, 4.69) is 4.74 Å². The second kappa shape index (κ2) is 3.59. The molecule has 0 radical (unpaired) electrons. The number of hydrogen-bond donors (Lipinski definition) is 0. The van der Waals surface area contributed by atoms with Crippen molar-refractivity contribution in [3.63, 3.8) is 0 Å².